The molecule has 22 heavy (non-hydrogen) atoms. The third-order valence-electron chi connectivity index (χ3n) is 2.76. The second kappa shape index (κ2) is 6.97. The number of nitro groups is 1. The first-order chi connectivity index (χ1) is 10.6. The van der Waals surface area contributed by atoms with E-state index in [-0.39, 0.29) is 22.9 Å². The van der Waals surface area contributed by atoms with E-state index in [1.54, 1.807) is 10.6 Å². The number of pyridine rings is 1. The van der Waals surface area contributed by atoms with Gasteiger partial charge in [-0.15, -0.1) is 10.2 Å². The third kappa shape index (κ3) is 3.05. The number of aliphatic hydroxyl groups excluding tert-OH is 1. The van der Waals surface area contributed by atoms with Gasteiger partial charge in [0.05, 0.1) is 4.92 Å². The van der Waals surface area contributed by atoms with Crippen molar-refractivity contribution in [1.82, 2.24) is 19.7 Å². The number of nitriles is 1. The van der Waals surface area contributed by atoms with E-state index in [0.717, 1.165) is 18.2 Å². The molecule has 0 radical (unpaired) electrons. The molecule has 0 aliphatic rings. The summed E-state index contributed by atoms with van der Waals surface area (Å²) in [5.74, 6) is 0.378. The van der Waals surface area contributed by atoms with Crippen LogP contribution >= 0.6 is 11.8 Å². The van der Waals surface area contributed by atoms with Crippen LogP contribution in [-0.4, -0.2) is 29.8 Å². The van der Waals surface area contributed by atoms with Crippen LogP contribution in [0.5, 0.6) is 0 Å². The summed E-state index contributed by atoms with van der Waals surface area (Å²) < 4.78 is 1.68. The molecular formula is C12H12N6O3S. The monoisotopic (exact) mass is 320 g/mol. The Kier molecular flexibility index (Phi) is 5.03. The molecule has 0 unspecified atom stereocenters. The molecule has 0 saturated heterocycles. The summed E-state index contributed by atoms with van der Waals surface area (Å²) in [6.45, 7) is 2.24. The van der Waals surface area contributed by atoms with Gasteiger partial charge in [0.2, 0.25) is 0 Å². The average molecular weight is 320 g/mol. The molecule has 2 heterocycles. The lowest BCUT2D eigenvalue weighted by Gasteiger charge is -2.07. The van der Waals surface area contributed by atoms with Crippen LogP contribution in [0.25, 0.3) is 0 Å². The van der Waals surface area contributed by atoms with Crippen molar-refractivity contribution in [2.75, 3.05) is 0 Å². The second-order valence-electron chi connectivity index (χ2n) is 4.19. The van der Waals surface area contributed by atoms with E-state index in [2.05, 4.69) is 15.2 Å². The predicted molar refractivity (Wildman–Crippen MR) is 76.0 cm³/mol. The number of hydrogen-bond donors (Lipinski definition) is 1. The first-order valence-corrected chi connectivity index (χ1v) is 7.18. The maximum Gasteiger partial charge on any atom is 0.319 e. The van der Waals surface area contributed by atoms with E-state index in [4.69, 9.17) is 5.26 Å². The van der Waals surface area contributed by atoms with Gasteiger partial charge in [-0.2, -0.15) is 5.26 Å². The lowest BCUT2D eigenvalue weighted by Crippen LogP contribution is -2.05. The fraction of sp³-hybridized carbons (Fsp3) is 0.333. The molecule has 0 saturated carbocycles. The van der Waals surface area contributed by atoms with Gasteiger partial charge >= 0.3 is 5.69 Å². The molecule has 0 spiro atoms. The summed E-state index contributed by atoms with van der Waals surface area (Å²) >= 11 is 0.949. The number of nitrogens with zero attached hydrogens (tertiary/aromatic N) is 6. The number of aliphatic hydroxyl groups is 1. The highest BCUT2D eigenvalue weighted by Gasteiger charge is 2.24. The Balaban J connectivity index is 2.46. The van der Waals surface area contributed by atoms with Gasteiger partial charge in [0.1, 0.15) is 18.2 Å². The molecule has 0 aromatic carbocycles. The summed E-state index contributed by atoms with van der Waals surface area (Å²) in [4.78, 5) is 14.5. The standard InChI is InChI=1S/C12H12N6O3S/c1-2-5-17-9(7-19)15-16-12(17)22-11-10(18(20)21)8(6-13)3-4-14-11/h3-4,19H,2,5,7H2,1H3. The lowest BCUT2D eigenvalue weighted by molar-refractivity contribution is -0.388. The van der Waals surface area contributed by atoms with Gasteiger partial charge in [-0.25, -0.2) is 4.98 Å². The minimum Gasteiger partial charge on any atom is -0.388 e. The number of aromatic nitrogens is 4. The Hall–Kier alpha value is -2.51. The van der Waals surface area contributed by atoms with Crippen molar-refractivity contribution in [3.63, 3.8) is 0 Å². The smallest absolute Gasteiger partial charge is 0.319 e. The van der Waals surface area contributed by atoms with E-state index in [1.165, 1.54) is 12.3 Å². The van der Waals surface area contributed by atoms with Crippen molar-refractivity contribution in [1.29, 1.82) is 5.26 Å². The third-order valence-corrected chi connectivity index (χ3v) is 3.74. The number of hydrogen-bond acceptors (Lipinski definition) is 8. The molecular weight excluding hydrogens is 308 g/mol. The van der Waals surface area contributed by atoms with Crippen molar-refractivity contribution in [3.8, 4) is 6.07 Å². The molecule has 1 N–H and O–H groups in total. The highest BCUT2D eigenvalue weighted by atomic mass is 32.2. The van der Waals surface area contributed by atoms with E-state index in [0.29, 0.717) is 17.5 Å². The predicted octanol–water partition coefficient (Wildman–Crippen LogP) is 1.51. The van der Waals surface area contributed by atoms with Crippen molar-refractivity contribution in [2.24, 2.45) is 0 Å². The van der Waals surface area contributed by atoms with Crippen molar-refractivity contribution >= 4 is 17.4 Å². The van der Waals surface area contributed by atoms with Crippen molar-refractivity contribution in [3.05, 3.63) is 33.8 Å². The van der Waals surface area contributed by atoms with Crippen LogP contribution in [0.2, 0.25) is 0 Å². The molecule has 2 aromatic rings. The Morgan fingerprint density at radius 2 is 2.32 bits per heavy atom. The maximum absolute atomic E-state index is 11.2. The molecule has 0 aliphatic carbocycles. The highest BCUT2D eigenvalue weighted by Crippen LogP contribution is 2.34. The van der Waals surface area contributed by atoms with E-state index >= 15 is 0 Å². The fourth-order valence-electron chi connectivity index (χ4n) is 1.82. The maximum atomic E-state index is 11.2. The molecule has 2 aromatic heterocycles. The van der Waals surface area contributed by atoms with Crippen LogP contribution in [0.15, 0.2) is 22.4 Å². The Bertz CT molecular complexity index is 739. The lowest BCUT2D eigenvalue weighted by atomic mass is 10.2. The van der Waals surface area contributed by atoms with Crippen molar-refractivity contribution < 1.29 is 10.0 Å². The Morgan fingerprint density at radius 1 is 1.55 bits per heavy atom. The summed E-state index contributed by atoms with van der Waals surface area (Å²) in [6, 6.07) is 3.07. The summed E-state index contributed by atoms with van der Waals surface area (Å²) in [5.41, 5.74) is -0.418. The van der Waals surface area contributed by atoms with Crippen LogP contribution in [0, 0.1) is 21.4 Å². The Morgan fingerprint density at radius 3 is 2.91 bits per heavy atom. The van der Waals surface area contributed by atoms with Gasteiger partial charge in [-0.3, -0.25) is 10.1 Å². The normalized spacial score (nSPS) is 10.4. The van der Waals surface area contributed by atoms with Crippen LogP contribution in [0.3, 0.4) is 0 Å². The Labute approximate surface area is 129 Å². The van der Waals surface area contributed by atoms with Crippen molar-refractivity contribution in [2.45, 2.75) is 36.7 Å². The van der Waals surface area contributed by atoms with Crippen LogP contribution in [-0.2, 0) is 13.2 Å². The van der Waals surface area contributed by atoms with E-state index in [9.17, 15) is 15.2 Å². The molecule has 0 bridgehead atoms. The largest absolute Gasteiger partial charge is 0.388 e. The van der Waals surface area contributed by atoms with Crippen LogP contribution in [0.1, 0.15) is 24.7 Å². The molecule has 2 rings (SSSR count). The second-order valence-corrected chi connectivity index (χ2v) is 5.15. The van der Waals surface area contributed by atoms with Gasteiger partial charge in [0.25, 0.3) is 0 Å². The van der Waals surface area contributed by atoms with E-state index in [1.807, 2.05) is 6.92 Å². The molecule has 0 aliphatic heterocycles. The zero-order chi connectivity index (χ0) is 16.1. The fourth-order valence-corrected chi connectivity index (χ4v) is 2.78. The van der Waals surface area contributed by atoms with Gasteiger partial charge in [-0.05, 0) is 24.2 Å². The summed E-state index contributed by atoms with van der Waals surface area (Å²) in [5, 5.41) is 37.6. The first-order valence-electron chi connectivity index (χ1n) is 6.36. The highest BCUT2D eigenvalue weighted by molar-refractivity contribution is 7.99. The average Bonchev–Trinajstić information content (AvgIpc) is 2.89. The summed E-state index contributed by atoms with van der Waals surface area (Å²) in [6.07, 6.45) is 2.12. The molecule has 0 atom stereocenters. The van der Waals surface area contributed by atoms with Crippen LogP contribution in [0.4, 0.5) is 5.69 Å². The topological polar surface area (TPSA) is 131 Å². The first kappa shape index (κ1) is 15.9. The minimum atomic E-state index is -0.638. The molecule has 114 valence electrons. The van der Waals surface area contributed by atoms with E-state index < -0.39 is 4.92 Å². The van der Waals surface area contributed by atoms with Gasteiger partial charge in [-0.1, -0.05) is 6.92 Å². The van der Waals surface area contributed by atoms with Gasteiger partial charge < -0.3 is 9.67 Å². The van der Waals surface area contributed by atoms with Gasteiger partial charge in [0, 0.05) is 12.7 Å². The molecule has 10 heteroatoms. The molecule has 0 amide bonds. The van der Waals surface area contributed by atoms with Gasteiger partial charge in [0.15, 0.2) is 16.0 Å². The molecule has 9 nitrogen and oxygen atoms in total. The minimum absolute atomic E-state index is 0.0635. The SMILES string of the molecule is CCCn1c(CO)nnc1Sc1nccc(C#N)c1[N+](=O)[O-]. The quantitative estimate of drug-likeness (QED) is 0.626. The molecule has 0 fully saturated rings. The zero-order valence-corrected chi connectivity index (χ0v) is 12.4. The number of rotatable bonds is 6. The van der Waals surface area contributed by atoms with Crippen LogP contribution < -0.4 is 0 Å². The summed E-state index contributed by atoms with van der Waals surface area (Å²) in [7, 11) is 0. The zero-order valence-electron chi connectivity index (χ0n) is 11.6.